The van der Waals surface area contributed by atoms with Gasteiger partial charge in [-0.15, -0.1) is 0 Å². The summed E-state index contributed by atoms with van der Waals surface area (Å²) in [6, 6.07) is 9.85. The van der Waals surface area contributed by atoms with Gasteiger partial charge in [-0.3, -0.25) is 9.69 Å². The second kappa shape index (κ2) is 8.81. The van der Waals surface area contributed by atoms with Crippen LogP contribution in [0.15, 0.2) is 56.2 Å². The molecule has 144 valence electrons. The van der Waals surface area contributed by atoms with E-state index in [2.05, 4.69) is 31.0 Å². The van der Waals surface area contributed by atoms with E-state index in [0.29, 0.717) is 31.3 Å². The van der Waals surface area contributed by atoms with Crippen LogP contribution in [0.3, 0.4) is 0 Å². The Bertz CT molecular complexity index is 945. The number of benzene rings is 1. The smallest absolute Gasteiger partial charge is 0.246 e. The highest BCUT2D eigenvalue weighted by atomic mass is 79.9. The molecular formula is C20H19BrN4O2S. The minimum absolute atomic E-state index is 0.0418. The summed E-state index contributed by atoms with van der Waals surface area (Å²) < 4.78 is 6.39. The normalized spacial score (nSPS) is 15.4. The Balaban J connectivity index is 1.27. The maximum absolute atomic E-state index is 12.4. The number of piperazine rings is 1. The lowest BCUT2D eigenvalue weighted by Gasteiger charge is -2.33. The fourth-order valence-electron chi connectivity index (χ4n) is 2.99. The zero-order valence-electron chi connectivity index (χ0n) is 15.1. The lowest BCUT2D eigenvalue weighted by atomic mass is 10.2. The van der Waals surface area contributed by atoms with Crippen LogP contribution in [0, 0.1) is 0 Å². The zero-order valence-corrected chi connectivity index (χ0v) is 17.5. The summed E-state index contributed by atoms with van der Waals surface area (Å²) in [5.74, 6) is 1.28. The molecule has 3 aromatic rings. The number of nitrogens with zero attached hydrogens (tertiary/aromatic N) is 4. The summed E-state index contributed by atoms with van der Waals surface area (Å²) in [4.78, 5) is 21.0. The molecule has 0 N–H and O–H groups in total. The molecule has 0 bridgehead atoms. The second-order valence-corrected chi connectivity index (χ2v) is 8.21. The van der Waals surface area contributed by atoms with Crippen LogP contribution < -0.4 is 0 Å². The molecule has 1 fully saturated rings. The SMILES string of the molecule is O=C(/C=C/c1ccc(Br)cc1)N1CCN(Cc2nc(-c3ccsc3)no2)CC1. The average molecular weight is 459 g/mol. The Kier molecular flexibility index (Phi) is 5.99. The van der Waals surface area contributed by atoms with Gasteiger partial charge in [0.15, 0.2) is 0 Å². The molecule has 0 unspecified atom stereocenters. The number of carbonyl (C=O) groups excluding carboxylic acids is 1. The topological polar surface area (TPSA) is 62.5 Å². The molecule has 0 saturated carbocycles. The minimum atomic E-state index is 0.0418. The monoisotopic (exact) mass is 458 g/mol. The van der Waals surface area contributed by atoms with Crippen LogP contribution in [0.4, 0.5) is 0 Å². The van der Waals surface area contributed by atoms with E-state index in [1.807, 2.05) is 52.1 Å². The number of hydrogen-bond acceptors (Lipinski definition) is 6. The van der Waals surface area contributed by atoms with Gasteiger partial charge in [-0.05, 0) is 35.2 Å². The summed E-state index contributed by atoms with van der Waals surface area (Å²) in [6.07, 6.45) is 3.50. The van der Waals surface area contributed by atoms with E-state index in [4.69, 9.17) is 4.52 Å². The maximum Gasteiger partial charge on any atom is 0.246 e. The molecule has 8 heteroatoms. The van der Waals surface area contributed by atoms with E-state index >= 15 is 0 Å². The quantitative estimate of drug-likeness (QED) is 0.542. The van der Waals surface area contributed by atoms with E-state index in [9.17, 15) is 4.79 Å². The number of aromatic nitrogens is 2. The largest absolute Gasteiger partial charge is 0.338 e. The van der Waals surface area contributed by atoms with Crippen molar-refractivity contribution in [1.29, 1.82) is 0 Å². The van der Waals surface area contributed by atoms with Crippen LogP contribution in [0.1, 0.15) is 11.5 Å². The van der Waals surface area contributed by atoms with Crippen molar-refractivity contribution in [2.24, 2.45) is 0 Å². The summed E-state index contributed by atoms with van der Waals surface area (Å²) >= 11 is 5.02. The third-order valence-corrected chi connectivity index (χ3v) is 5.79. The third-order valence-electron chi connectivity index (χ3n) is 4.58. The van der Waals surface area contributed by atoms with Crippen LogP contribution in [0.5, 0.6) is 0 Å². The molecule has 4 rings (SSSR count). The number of rotatable bonds is 5. The lowest BCUT2D eigenvalue weighted by molar-refractivity contribution is -0.127. The Hall–Kier alpha value is -2.29. The Morgan fingerprint density at radius 2 is 1.96 bits per heavy atom. The van der Waals surface area contributed by atoms with Crippen molar-refractivity contribution in [3.05, 3.63) is 63.1 Å². The standard InChI is InChI=1S/C20H19BrN4O2S/c21-17-4-1-15(2-5-17)3-6-19(26)25-10-8-24(9-11-25)13-18-22-20(23-27-18)16-7-12-28-14-16/h1-7,12,14H,8-11,13H2/b6-3+. The molecule has 1 saturated heterocycles. The molecule has 0 spiro atoms. The van der Waals surface area contributed by atoms with Crippen LogP contribution in [0.2, 0.25) is 0 Å². The molecule has 1 aliphatic rings. The number of amides is 1. The third kappa shape index (κ3) is 4.76. The van der Waals surface area contributed by atoms with E-state index in [0.717, 1.165) is 28.7 Å². The predicted octanol–water partition coefficient (Wildman–Crippen LogP) is 3.92. The van der Waals surface area contributed by atoms with Gasteiger partial charge in [-0.1, -0.05) is 33.2 Å². The molecule has 28 heavy (non-hydrogen) atoms. The van der Waals surface area contributed by atoms with Gasteiger partial charge in [0.2, 0.25) is 17.6 Å². The molecule has 0 radical (unpaired) electrons. The van der Waals surface area contributed by atoms with Crippen molar-refractivity contribution in [2.45, 2.75) is 6.54 Å². The van der Waals surface area contributed by atoms with Gasteiger partial charge in [0.1, 0.15) is 0 Å². The number of hydrogen-bond donors (Lipinski definition) is 0. The van der Waals surface area contributed by atoms with Gasteiger partial charge in [0.05, 0.1) is 6.54 Å². The van der Waals surface area contributed by atoms with Crippen LogP contribution in [0.25, 0.3) is 17.5 Å². The first-order valence-electron chi connectivity index (χ1n) is 8.97. The summed E-state index contributed by atoms with van der Waals surface area (Å²) in [5.41, 5.74) is 1.99. The fraction of sp³-hybridized carbons (Fsp3) is 0.250. The van der Waals surface area contributed by atoms with Gasteiger partial charge >= 0.3 is 0 Å². The van der Waals surface area contributed by atoms with Crippen LogP contribution in [-0.2, 0) is 11.3 Å². The van der Waals surface area contributed by atoms with Crippen molar-refractivity contribution in [3.8, 4) is 11.4 Å². The molecule has 1 aliphatic heterocycles. The first-order chi connectivity index (χ1) is 13.7. The first-order valence-corrected chi connectivity index (χ1v) is 10.7. The molecule has 3 heterocycles. The molecule has 1 amide bonds. The molecule has 6 nitrogen and oxygen atoms in total. The second-order valence-electron chi connectivity index (χ2n) is 6.51. The summed E-state index contributed by atoms with van der Waals surface area (Å²) in [5, 5.41) is 8.04. The summed E-state index contributed by atoms with van der Waals surface area (Å²) in [6.45, 7) is 3.56. The Morgan fingerprint density at radius 1 is 1.18 bits per heavy atom. The van der Waals surface area contributed by atoms with E-state index in [1.165, 1.54) is 0 Å². The van der Waals surface area contributed by atoms with E-state index in [1.54, 1.807) is 17.4 Å². The number of thiophene rings is 1. The molecule has 0 atom stereocenters. The van der Waals surface area contributed by atoms with E-state index in [-0.39, 0.29) is 5.91 Å². The van der Waals surface area contributed by atoms with Gasteiger partial charge in [-0.25, -0.2) is 0 Å². The average Bonchev–Trinajstić information content (AvgIpc) is 3.40. The lowest BCUT2D eigenvalue weighted by Crippen LogP contribution is -2.47. The molecular weight excluding hydrogens is 440 g/mol. The molecule has 2 aromatic heterocycles. The maximum atomic E-state index is 12.4. The highest BCUT2D eigenvalue weighted by Crippen LogP contribution is 2.19. The Labute approximate surface area is 175 Å². The van der Waals surface area contributed by atoms with Crippen LogP contribution >= 0.6 is 27.3 Å². The Morgan fingerprint density at radius 3 is 2.68 bits per heavy atom. The van der Waals surface area contributed by atoms with Crippen molar-refractivity contribution in [3.63, 3.8) is 0 Å². The van der Waals surface area contributed by atoms with Gasteiger partial charge in [-0.2, -0.15) is 16.3 Å². The van der Waals surface area contributed by atoms with Crippen molar-refractivity contribution < 1.29 is 9.32 Å². The fourth-order valence-corrected chi connectivity index (χ4v) is 3.89. The molecule has 1 aromatic carbocycles. The minimum Gasteiger partial charge on any atom is -0.338 e. The zero-order chi connectivity index (χ0) is 19.3. The van der Waals surface area contributed by atoms with Gasteiger partial charge < -0.3 is 9.42 Å². The summed E-state index contributed by atoms with van der Waals surface area (Å²) in [7, 11) is 0. The number of halogens is 1. The van der Waals surface area contributed by atoms with Crippen molar-refractivity contribution >= 4 is 39.2 Å². The van der Waals surface area contributed by atoms with Crippen molar-refractivity contribution in [1.82, 2.24) is 19.9 Å². The highest BCUT2D eigenvalue weighted by Gasteiger charge is 2.21. The van der Waals surface area contributed by atoms with Crippen LogP contribution in [-0.4, -0.2) is 52.0 Å². The molecule has 0 aliphatic carbocycles. The van der Waals surface area contributed by atoms with Gasteiger partial charge in [0, 0.05) is 47.7 Å². The number of carbonyl (C=O) groups is 1. The van der Waals surface area contributed by atoms with Crippen molar-refractivity contribution in [2.75, 3.05) is 26.2 Å². The first kappa shape index (κ1) is 19.0. The highest BCUT2D eigenvalue weighted by molar-refractivity contribution is 9.10. The predicted molar refractivity (Wildman–Crippen MR) is 113 cm³/mol. The van der Waals surface area contributed by atoms with E-state index < -0.39 is 0 Å². The van der Waals surface area contributed by atoms with Gasteiger partial charge in [0.25, 0.3) is 0 Å².